The van der Waals surface area contributed by atoms with Gasteiger partial charge in [0, 0.05) is 0 Å². The summed E-state index contributed by atoms with van der Waals surface area (Å²) < 4.78 is 53.9. The first-order valence-electron chi connectivity index (χ1n) is 6.46. The topological polar surface area (TPSA) is 9.23 Å². The average Bonchev–Trinajstić information content (AvgIpc) is 2.45. The van der Waals surface area contributed by atoms with Crippen LogP contribution in [0.15, 0.2) is 60.7 Å². The van der Waals surface area contributed by atoms with Crippen molar-refractivity contribution in [3.05, 3.63) is 66.5 Å². The van der Waals surface area contributed by atoms with Crippen LogP contribution in [0.2, 0.25) is 0 Å². The summed E-state index contributed by atoms with van der Waals surface area (Å²) in [4.78, 5) is 0. The van der Waals surface area contributed by atoms with Gasteiger partial charge in [0.2, 0.25) is 0 Å². The van der Waals surface area contributed by atoms with E-state index in [1.807, 2.05) is 0 Å². The van der Waals surface area contributed by atoms with Crippen molar-refractivity contribution in [3.63, 3.8) is 0 Å². The van der Waals surface area contributed by atoms with E-state index in [9.17, 15) is 17.6 Å². The molecule has 0 fully saturated rings. The van der Waals surface area contributed by atoms with Gasteiger partial charge in [-0.2, -0.15) is 0 Å². The molecule has 0 heterocycles. The number of rotatable bonds is 2. The molecule has 0 radical (unpaired) electrons. The number of benzene rings is 3. The Morgan fingerprint density at radius 1 is 0.727 bits per heavy atom. The van der Waals surface area contributed by atoms with Crippen LogP contribution in [0.5, 0.6) is 5.75 Å². The molecule has 0 aliphatic heterocycles. The van der Waals surface area contributed by atoms with Gasteiger partial charge in [0.05, 0.1) is 0 Å². The van der Waals surface area contributed by atoms with E-state index in [0.717, 1.165) is 16.3 Å². The van der Waals surface area contributed by atoms with Crippen LogP contribution in [0, 0.1) is 5.82 Å². The average molecular weight is 306 g/mol. The number of ether oxygens (including phenoxy) is 1. The van der Waals surface area contributed by atoms with Gasteiger partial charge in [-0.3, -0.25) is 0 Å². The van der Waals surface area contributed by atoms with Crippen LogP contribution in [-0.2, 0) is 0 Å². The predicted octanol–water partition coefficient (Wildman–Crippen LogP) is 5.54. The SMILES string of the molecule is Fc1ccc2cc(-c3cccc(OC(F)(F)F)c3)ccc2c1. The summed E-state index contributed by atoms with van der Waals surface area (Å²) in [6.45, 7) is 0. The van der Waals surface area contributed by atoms with E-state index in [4.69, 9.17) is 0 Å². The van der Waals surface area contributed by atoms with Crippen molar-refractivity contribution in [1.82, 2.24) is 0 Å². The molecule has 3 rings (SSSR count). The zero-order valence-corrected chi connectivity index (χ0v) is 11.2. The minimum Gasteiger partial charge on any atom is -0.406 e. The lowest BCUT2D eigenvalue weighted by Crippen LogP contribution is -2.17. The Labute approximate surface area is 123 Å². The lowest BCUT2D eigenvalue weighted by Gasteiger charge is -2.10. The Kier molecular flexibility index (Phi) is 3.48. The highest BCUT2D eigenvalue weighted by Gasteiger charge is 2.31. The van der Waals surface area contributed by atoms with Crippen LogP contribution in [0.1, 0.15) is 0 Å². The maximum atomic E-state index is 13.1. The molecule has 0 aromatic heterocycles. The monoisotopic (exact) mass is 306 g/mol. The molecule has 0 unspecified atom stereocenters. The lowest BCUT2D eigenvalue weighted by molar-refractivity contribution is -0.274. The van der Waals surface area contributed by atoms with Crippen LogP contribution in [-0.4, -0.2) is 6.36 Å². The van der Waals surface area contributed by atoms with Crippen LogP contribution in [0.4, 0.5) is 17.6 Å². The normalized spacial score (nSPS) is 11.6. The van der Waals surface area contributed by atoms with E-state index < -0.39 is 6.36 Å². The standard InChI is InChI=1S/C17H10F4O/c18-15-7-6-13-8-12(4-5-14(13)9-15)11-2-1-3-16(10-11)22-17(19,20)21/h1-10H. The first-order valence-corrected chi connectivity index (χ1v) is 6.46. The minimum absolute atomic E-state index is 0.274. The van der Waals surface area contributed by atoms with Crippen molar-refractivity contribution in [2.24, 2.45) is 0 Å². The summed E-state index contributed by atoms with van der Waals surface area (Å²) in [5, 5.41) is 1.53. The van der Waals surface area contributed by atoms with E-state index in [1.54, 1.807) is 30.3 Å². The lowest BCUT2D eigenvalue weighted by atomic mass is 10.0. The highest BCUT2D eigenvalue weighted by atomic mass is 19.4. The Balaban J connectivity index is 2.00. The molecule has 3 aromatic carbocycles. The van der Waals surface area contributed by atoms with E-state index in [1.165, 1.54) is 30.3 Å². The molecule has 0 spiro atoms. The maximum absolute atomic E-state index is 13.1. The van der Waals surface area contributed by atoms with E-state index >= 15 is 0 Å². The molecule has 0 bridgehead atoms. The zero-order chi connectivity index (χ0) is 15.7. The van der Waals surface area contributed by atoms with E-state index in [-0.39, 0.29) is 11.6 Å². The van der Waals surface area contributed by atoms with Crippen molar-refractivity contribution in [1.29, 1.82) is 0 Å². The maximum Gasteiger partial charge on any atom is 0.573 e. The molecule has 112 valence electrons. The first kappa shape index (κ1) is 14.4. The van der Waals surface area contributed by atoms with Gasteiger partial charge in [-0.05, 0) is 52.2 Å². The van der Waals surface area contributed by atoms with Crippen LogP contribution < -0.4 is 4.74 Å². The molecule has 22 heavy (non-hydrogen) atoms. The number of alkyl halides is 3. The van der Waals surface area contributed by atoms with Gasteiger partial charge < -0.3 is 4.74 Å². The van der Waals surface area contributed by atoms with Gasteiger partial charge >= 0.3 is 6.36 Å². The molecule has 3 aromatic rings. The van der Waals surface area contributed by atoms with E-state index in [2.05, 4.69) is 4.74 Å². The molecular formula is C17H10F4O. The van der Waals surface area contributed by atoms with Gasteiger partial charge in [-0.15, -0.1) is 13.2 Å². The fourth-order valence-corrected chi connectivity index (χ4v) is 2.27. The smallest absolute Gasteiger partial charge is 0.406 e. The highest BCUT2D eigenvalue weighted by Crippen LogP contribution is 2.29. The summed E-state index contributed by atoms with van der Waals surface area (Å²) in [6, 6.07) is 15.4. The van der Waals surface area contributed by atoms with Gasteiger partial charge in [-0.25, -0.2) is 4.39 Å². The molecule has 0 aliphatic rings. The molecule has 0 amide bonds. The first-order chi connectivity index (χ1) is 10.4. The van der Waals surface area contributed by atoms with Crippen molar-refractivity contribution in [2.45, 2.75) is 6.36 Å². The molecule has 0 saturated carbocycles. The number of fused-ring (bicyclic) bond motifs is 1. The summed E-state index contributed by atoms with van der Waals surface area (Å²) in [5.74, 6) is -0.606. The summed E-state index contributed by atoms with van der Waals surface area (Å²) in [5.41, 5.74) is 1.32. The van der Waals surface area contributed by atoms with Crippen molar-refractivity contribution >= 4 is 10.8 Å². The third-order valence-corrected chi connectivity index (χ3v) is 3.20. The van der Waals surface area contributed by atoms with Gasteiger partial charge in [0.1, 0.15) is 11.6 Å². The Bertz CT molecular complexity index is 824. The second-order valence-electron chi connectivity index (χ2n) is 4.78. The van der Waals surface area contributed by atoms with Crippen LogP contribution in [0.25, 0.3) is 21.9 Å². The Hall–Kier alpha value is -2.56. The van der Waals surface area contributed by atoms with Crippen molar-refractivity contribution in [2.75, 3.05) is 0 Å². The minimum atomic E-state index is -4.72. The van der Waals surface area contributed by atoms with Crippen LogP contribution >= 0.6 is 0 Å². The fourth-order valence-electron chi connectivity index (χ4n) is 2.27. The molecule has 0 aliphatic carbocycles. The Morgan fingerprint density at radius 2 is 1.41 bits per heavy atom. The number of halogens is 4. The van der Waals surface area contributed by atoms with E-state index in [0.29, 0.717) is 5.56 Å². The summed E-state index contributed by atoms with van der Waals surface area (Å²) >= 11 is 0. The number of hydrogen-bond donors (Lipinski definition) is 0. The third kappa shape index (κ3) is 3.19. The molecule has 0 saturated heterocycles. The largest absolute Gasteiger partial charge is 0.573 e. The molecule has 0 atom stereocenters. The molecular weight excluding hydrogens is 296 g/mol. The van der Waals surface area contributed by atoms with Crippen LogP contribution in [0.3, 0.4) is 0 Å². The summed E-state index contributed by atoms with van der Waals surface area (Å²) in [6.07, 6.45) is -4.72. The highest BCUT2D eigenvalue weighted by molar-refractivity contribution is 5.87. The van der Waals surface area contributed by atoms with Gasteiger partial charge in [0.15, 0.2) is 0 Å². The fraction of sp³-hybridized carbons (Fsp3) is 0.0588. The zero-order valence-electron chi connectivity index (χ0n) is 11.2. The Morgan fingerprint density at radius 3 is 2.18 bits per heavy atom. The summed E-state index contributed by atoms with van der Waals surface area (Å²) in [7, 11) is 0. The van der Waals surface area contributed by atoms with Gasteiger partial charge in [0.25, 0.3) is 0 Å². The molecule has 5 heteroatoms. The second kappa shape index (κ2) is 5.33. The molecule has 0 N–H and O–H groups in total. The molecule has 1 nitrogen and oxygen atoms in total. The second-order valence-corrected chi connectivity index (χ2v) is 4.78. The van der Waals surface area contributed by atoms with Crippen molar-refractivity contribution in [3.8, 4) is 16.9 Å². The third-order valence-electron chi connectivity index (χ3n) is 3.20. The van der Waals surface area contributed by atoms with Gasteiger partial charge in [-0.1, -0.05) is 30.3 Å². The van der Waals surface area contributed by atoms with Crippen molar-refractivity contribution < 1.29 is 22.3 Å². The predicted molar refractivity (Wildman–Crippen MR) is 76.0 cm³/mol. The quantitative estimate of drug-likeness (QED) is 0.564. The number of hydrogen-bond acceptors (Lipinski definition) is 1.